The SMILES string of the molecule is CC[C@@H](NC(=O)Nc1cccnc1Cl)c1c(C)nn(C)c1C. The van der Waals surface area contributed by atoms with Crippen LogP contribution in [0.4, 0.5) is 10.5 Å². The van der Waals surface area contributed by atoms with E-state index in [4.69, 9.17) is 11.6 Å². The van der Waals surface area contributed by atoms with E-state index in [1.165, 1.54) is 0 Å². The third kappa shape index (κ3) is 3.39. The first-order chi connectivity index (χ1) is 10.4. The van der Waals surface area contributed by atoms with Crippen molar-refractivity contribution < 1.29 is 4.79 Å². The summed E-state index contributed by atoms with van der Waals surface area (Å²) in [6.45, 7) is 5.96. The molecule has 0 unspecified atom stereocenters. The Morgan fingerprint density at radius 3 is 2.73 bits per heavy atom. The number of urea groups is 1. The Kier molecular flexibility index (Phi) is 5.03. The molecule has 0 radical (unpaired) electrons. The summed E-state index contributed by atoms with van der Waals surface area (Å²) in [7, 11) is 1.90. The normalized spacial score (nSPS) is 12.0. The van der Waals surface area contributed by atoms with E-state index >= 15 is 0 Å². The Morgan fingerprint density at radius 2 is 2.18 bits per heavy atom. The van der Waals surface area contributed by atoms with Gasteiger partial charge in [0.2, 0.25) is 0 Å². The number of halogens is 1. The number of carbonyl (C=O) groups excluding carboxylic acids is 1. The van der Waals surface area contributed by atoms with E-state index < -0.39 is 0 Å². The zero-order chi connectivity index (χ0) is 16.3. The number of aromatic nitrogens is 3. The molecule has 2 aromatic rings. The maximum absolute atomic E-state index is 12.2. The fourth-order valence-electron chi connectivity index (χ4n) is 2.47. The molecule has 0 saturated heterocycles. The summed E-state index contributed by atoms with van der Waals surface area (Å²) < 4.78 is 1.82. The molecular weight excluding hydrogens is 302 g/mol. The van der Waals surface area contributed by atoms with Gasteiger partial charge < -0.3 is 10.6 Å². The van der Waals surface area contributed by atoms with Crippen molar-refractivity contribution in [1.82, 2.24) is 20.1 Å². The largest absolute Gasteiger partial charge is 0.331 e. The second-order valence-electron chi connectivity index (χ2n) is 5.11. The van der Waals surface area contributed by atoms with Crippen LogP contribution < -0.4 is 10.6 Å². The van der Waals surface area contributed by atoms with Crippen LogP contribution in [0.1, 0.15) is 36.3 Å². The minimum atomic E-state index is -0.315. The van der Waals surface area contributed by atoms with E-state index in [2.05, 4.69) is 20.7 Å². The monoisotopic (exact) mass is 321 g/mol. The van der Waals surface area contributed by atoms with Gasteiger partial charge >= 0.3 is 6.03 Å². The van der Waals surface area contributed by atoms with Crippen molar-refractivity contribution in [3.8, 4) is 0 Å². The predicted octanol–water partition coefficient (Wildman–Crippen LogP) is 3.36. The standard InChI is InChI=1S/C15H20ClN5O/c1-5-11(13-9(2)20-21(4)10(13)3)18-15(22)19-12-7-6-8-17-14(12)16/h6-8,11H,5H2,1-4H3,(H2,18,19,22)/t11-/m1/s1. The van der Waals surface area contributed by atoms with Crippen molar-refractivity contribution >= 4 is 23.3 Å². The summed E-state index contributed by atoms with van der Waals surface area (Å²) in [5.74, 6) is 0. The molecule has 7 heteroatoms. The number of hydrogen-bond donors (Lipinski definition) is 2. The van der Waals surface area contributed by atoms with E-state index in [1.807, 2.05) is 32.5 Å². The van der Waals surface area contributed by atoms with Crippen LogP contribution in [0.3, 0.4) is 0 Å². The average molecular weight is 322 g/mol. The fraction of sp³-hybridized carbons (Fsp3) is 0.400. The molecule has 0 aliphatic rings. The molecule has 118 valence electrons. The van der Waals surface area contributed by atoms with Crippen LogP contribution in [-0.4, -0.2) is 20.8 Å². The number of amides is 2. The van der Waals surface area contributed by atoms with Gasteiger partial charge in [-0.05, 0) is 32.4 Å². The number of nitrogens with one attached hydrogen (secondary N) is 2. The number of aryl methyl sites for hydroxylation is 2. The minimum absolute atomic E-state index is 0.107. The lowest BCUT2D eigenvalue weighted by atomic mass is 10.0. The van der Waals surface area contributed by atoms with Gasteiger partial charge in [-0.15, -0.1) is 0 Å². The highest BCUT2D eigenvalue weighted by Crippen LogP contribution is 2.24. The Morgan fingerprint density at radius 1 is 1.45 bits per heavy atom. The highest BCUT2D eigenvalue weighted by molar-refractivity contribution is 6.32. The molecule has 2 amide bonds. The summed E-state index contributed by atoms with van der Waals surface area (Å²) in [4.78, 5) is 16.1. The van der Waals surface area contributed by atoms with Crippen LogP contribution in [-0.2, 0) is 7.05 Å². The Labute approximate surface area is 134 Å². The molecule has 0 saturated carbocycles. The number of pyridine rings is 1. The number of hydrogen-bond acceptors (Lipinski definition) is 3. The van der Waals surface area contributed by atoms with Gasteiger partial charge in [0.1, 0.15) is 0 Å². The fourth-order valence-corrected chi connectivity index (χ4v) is 2.64. The third-order valence-corrected chi connectivity index (χ3v) is 3.94. The van der Waals surface area contributed by atoms with Crippen molar-refractivity contribution in [1.29, 1.82) is 0 Å². The van der Waals surface area contributed by atoms with Crippen molar-refractivity contribution in [2.45, 2.75) is 33.2 Å². The number of anilines is 1. The minimum Gasteiger partial charge on any atom is -0.331 e. The van der Waals surface area contributed by atoms with Crippen molar-refractivity contribution in [2.24, 2.45) is 7.05 Å². The molecule has 0 bridgehead atoms. The van der Waals surface area contributed by atoms with Crippen LogP contribution in [0, 0.1) is 13.8 Å². The maximum Gasteiger partial charge on any atom is 0.319 e. The number of carbonyl (C=O) groups is 1. The summed E-state index contributed by atoms with van der Waals surface area (Å²) in [5.41, 5.74) is 3.50. The van der Waals surface area contributed by atoms with E-state index in [0.29, 0.717) is 5.69 Å². The Balaban J connectivity index is 2.13. The van der Waals surface area contributed by atoms with Crippen molar-refractivity contribution in [3.05, 3.63) is 40.4 Å². The number of nitrogens with zero attached hydrogens (tertiary/aromatic N) is 3. The highest BCUT2D eigenvalue weighted by atomic mass is 35.5. The molecule has 0 aromatic carbocycles. The molecule has 2 aromatic heterocycles. The zero-order valence-electron chi connectivity index (χ0n) is 13.1. The second kappa shape index (κ2) is 6.79. The van der Waals surface area contributed by atoms with E-state index in [1.54, 1.807) is 18.3 Å². The lowest BCUT2D eigenvalue weighted by molar-refractivity contribution is 0.248. The summed E-state index contributed by atoms with van der Waals surface area (Å²) >= 11 is 5.94. The van der Waals surface area contributed by atoms with Crippen LogP contribution in [0.15, 0.2) is 18.3 Å². The Bertz CT molecular complexity index is 683. The molecular formula is C15H20ClN5O. The van der Waals surface area contributed by atoms with Gasteiger partial charge in [-0.25, -0.2) is 9.78 Å². The second-order valence-corrected chi connectivity index (χ2v) is 5.47. The maximum atomic E-state index is 12.2. The lowest BCUT2D eigenvalue weighted by Crippen LogP contribution is -2.33. The van der Waals surface area contributed by atoms with E-state index in [9.17, 15) is 4.79 Å². The molecule has 2 heterocycles. The van der Waals surface area contributed by atoms with Crippen LogP contribution in [0.5, 0.6) is 0 Å². The van der Waals surface area contributed by atoms with Crippen molar-refractivity contribution in [3.63, 3.8) is 0 Å². The third-order valence-electron chi connectivity index (χ3n) is 3.63. The first-order valence-electron chi connectivity index (χ1n) is 7.12. The van der Waals surface area contributed by atoms with E-state index in [0.717, 1.165) is 23.4 Å². The average Bonchev–Trinajstić information content (AvgIpc) is 2.72. The van der Waals surface area contributed by atoms with Crippen LogP contribution in [0.2, 0.25) is 5.15 Å². The topological polar surface area (TPSA) is 71.8 Å². The molecule has 2 N–H and O–H groups in total. The van der Waals surface area contributed by atoms with Gasteiger partial charge in [-0.3, -0.25) is 4.68 Å². The van der Waals surface area contributed by atoms with Crippen molar-refractivity contribution in [2.75, 3.05) is 5.32 Å². The molecule has 0 aliphatic heterocycles. The first kappa shape index (κ1) is 16.3. The molecule has 0 aliphatic carbocycles. The summed E-state index contributed by atoms with van der Waals surface area (Å²) in [6, 6.07) is 3.00. The van der Waals surface area contributed by atoms with Gasteiger partial charge in [0.25, 0.3) is 0 Å². The molecule has 0 fully saturated rings. The molecule has 0 spiro atoms. The zero-order valence-corrected chi connectivity index (χ0v) is 13.9. The summed E-state index contributed by atoms with van der Waals surface area (Å²) in [5, 5.41) is 10.3. The van der Waals surface area contributed by atoms with Crippen LogP contribution >= 0.6 is 11.6 Å². The molecule has 22 heavy (non-hydrogen) atoms. The Hall–Kier alpha value is -2.08. The predicted molar refractivity (Wildman–Crippen MR) is 87.1 cm³/mol. The molecule has 6 nitrogen and oxygen atoms in total. The summed E-state index contributed by atoms with van der Waals surface area (Å²) in [6.07, 6.45) is 2.34. The quantitative estimate of drug-likeness (QED) is 0.848. The highest BCUT2D eigenvalue weighted by Gasteiger charge is 2.20. The van der Waals surface area contributed by atoms with Gasteiger partial charge in [-0.2, -0.15) is 5.10 Å². The molecule has 1 atom stereocenters. The lowest BCUT2D eigenvalue weighted by Gasteiger charge is -2.18. The van der Waals surface area contributed by atoms with E-state index in [-0.39, 0.29) is 17.2 Å². The van der Waals surface area contributed by atoms with Crippen LogP contribution in [0.25, 0.3) is 0 Å². The van der Waals surface area contributed by atoms with Gasteiger partial charge in [-0.1, -0.05) is 18.5 Å². The van der Waals surface area contributed by atoms with Gasteiger partial charge in [0.15, 0.2) is 5.15 Å². The number of rotatable bonds is 4. The first-order valence-corrected chi connectivity index (χ1v) is 7.50. The molecule has 2 rings (SSSR count). The van der Waals surface area contributed by atoms with Gasteiger partial charge in [0, 0.05) is 24.5 Å². The smallest absolute Gasteiger partial charge is 0.319 e. The van der Waals surface area contributed by atoms with Gasteiger partial charge in [0.05, 0.1) is 17.4 Å².